The van der Waals surface area contributed by atoms with E-state index in [1.807, 2.05) is 36.3 Å². The van der Waals surface area contributed by atoms with Gasteiger partial charge in [-0.3, -0.25) is 14.5 Å². The molecular weight excluding hydrogens is 350 g/mol. The summed E-state index contributed by atoms with van der Waals surface area (Å²) >= 11 is 1.45. The van der Waals surface area contributed by atoms with Gasteiger partial charge in [0, 0.05) is 44.9 Å². The molecule has 1 aromatic rings. The van der Waals surface area contributed by atoms with Crippen LogP contribution in [0.15, 0.2) is 17.5 Å². The van der Waals surface area contributed by atoms with Crippen LogP contribution in [0.4, 0.5) is 0 Å². The molecule has 2 aliphatic heterocycles. The second-order valence-electron chi connectivity index (χ2n) is 6.95. The van der Waals surface area contributed by atoms with E-state index >= 15 is 0 Å². The summed E-state index contributed by atoms with van der Waals surface area (Å²) in [7, 11) is 0. The quantitative estimate of drug-likeness (QED) is 0.821. The Morgan fingerprint density at radius 3 is 2.65 bits per heavy atom. The average molecular weight is 380 g/mol. The molecule has 3 heterocycles. The Morgan fingerprint density at radius 1 is 1.31 bits per heavy atom. The number of thiophene rings is 1. The van der Waals surface area contributed by atoms with Gasteiger partial charge in [-0.05, 0) is 44.6 Å². The first-order valence-electron chi connectivity index (χ1n) is 9.60. The standard InChI is InChI=1S/C19H29N3O3S/c1-3-21(4-2)19(24)16-12-14(20-18(23)17-6-5-11-26-17)13-22(16)15-7-9-25-10-8-15/h5-6,11,14-16H,3-4,7-10,12-13H2,1-2H3,(H,20,23)/t14-,16-/m0/s1. The van der Waals surface area contributed by atoms with Gasteiger partial charge in [-0.1, -0.05) is 6.07 Å². The van der Waals surface area contributed by atoms with Gasteiger partial charge in [-0.15, -0.1) is 11.3 Å². The Bertz CT molecular complexity index is 597. The van der Waals surface area contributed by atoms with Crippen molar-refractivity contribution >= 4 is 23.2 Å². The Kier molecular flexibility index (Phi) is 6.67. The summed E-state index contributed by atoms with van der Waals surface area (Å²) in [6.45, 7) is 7.72. The molecule has 2 aliphatic rings. The van der Waals surface area contributed by atoms with Gasteiger partial charge in [0.25, 0.3) is 5.91 Å². The first-order valence-corrected chi connectivity index (χ1v) is 10.5. The molecular formula is C19H29N3O3S. The molecule has 0 bridgehead atoms. The van der Waals surface area contributed by atoms with Crippen LogP contribution in [0.5, 0.6) is 0 Å². The predicted molar refractivity (Wildman–Crippen MR) is 102 cm³/mol. The van der Waals surface area contributed by atoms with Gasteiger partial charge in [0.15, 0.2) is 0 Å². The summed E-state index contributed by atoms with van der Waals surface area (Å²) in [5.74, 6) is 0.155. The van der Waals surface area contributed by atoms with Crippen LogP contribution >= 0.6 is 11.3 Å². The third kappa shape index (κ3) is 4.27. The lowest BCUT2D eigenvalue weighted by molar-refractivity contribution is -0.137. The zero-order valence-electron chi connectivity index (χ0n) is 15.6. The maximum absolute atomic E-state index is 13.1. The molecule has 2 amide bonds. The van der Waals surface area contributed by atoms with E-state index in [-0.39, 0.29) is 23.9 Å². The molecule has 0 aliphatic carbocycles. The predicted octanol–water partition coefficient (Wildman–Crippen LogP) is 1.97. The number of hydrogen-bond acceptors (Lipinski definition) is 5. The van der Waals surface area contributed by atoms with Gasteiger partial charge in [0.05, 0.1) is 10.9 Å². The highest BCUT2D eigenvalue weighted by molar-refractivity contribution is 7.12. The minimum Gasteiger partial charge on any atom is -0.381 e. The van der Waals surface area contributed by atoms with E-state index in [9.17, 15) is 9.59 Å². The van der Waals surface area contributed by atoms with E-state index < -0.39 is 0 Å². The molecule has 0 saturated carbocycles. The molecule has 0 unspecified atom stereocenters. The molecule has 144 valence electrons. The number of amides is 2. The number of nitrogens with zero attached hydrogens (tertiary/aromatic N) is 2. The monoisotopic (exact) mass is 379 g/mol. The smallest absolute Gasteiger partial charge is 0.261 e. The molecule has 26 heavy (non-hydrogen) atoms. The first kappa shape index (κ1) is 19.3. The molecule has 0 aromatic carbocycles. The number of nitrogens with one attached hydrogen (secondary N) is 1. The normalized spacial score (nSPS) is 24.5. The van der Waals surface area contributed by atoms with Crippen LogP contribution in [0.3, 0.4) is 0 Å². The number of carbonyl (C=O) groups excluding carboxylic acids is 2. The Hall–Kier alpha value is -1.44. The number of rotatable bonds is 6. The lowest BCUT2D eigenvalue weighted by Gasteiger charge is -2.36. The van der Waals surface area contributed by atoms with Crippen molar-refractivity contribution in [2.24, 2.45) is 0 Å². The fraction of sp³-hybridized carbons (Fsp3) is 0.684. The van der Waals surface area contributed by atoms with Gasteiger partial charge in [-0.25, -0.2) is 0 Å². The van der Waals surface area contributed by atoms with Crippen molar-refractivity contribution in [3.8, 4) is 0 Å². The Morgan fingerprint density at radius 2 is 2.04 bits per heavy atom. The summed E-state index contributed by atoms with van der Waals surface area (Å²) in [6.07, 6.45) is 2.59. The van der Waals surface area contributed by atoms with Crippen LogP contribution in [-0.2, 0) is 9.53 Å². The zero-order valence-corrected chi connectivity index (χ0v) is 16.5. The van der Waals surface area contributed by atoms with Crippen molar-refractivity contribution in [3.63, 3.8) is 0 Å². The number of carbonyl (C=O) groups is 2. The van der Waals surface area contributed by atoms with E-state index in [0.29, 0.717) is 12.5 Å². The topological polar surface area (TPSA) is 61.9 Å². The first-order chi connectivity index (χ1) is 12.6. The molecule has 3 rings (SSSR count). The fourth-order valence-electron chi connectivity index (χ4n) is 4.04. The molecule has 0 spiro atoms. The van der Waals surface area contributed by atoms with E-state index in [4.69, 9.17) is 4.74 Å². The Balaban J connectivity index is 1.71. The van der Waals surface area contributed by atoms with E-state index in [2.05, 4.69) is 10.2 Å². The van der Waals surface area contributed by atoms with E-state index in [1.54, 1.807) is 0 Å². The highest BCUT2D eigenvalue weighted by atomic mass is 32.1. The number of likely N-dealkylation sites (N-methyl/N-ethyl adjacent to an activating group) is 1. The molecule has 1 N–H and O–H groups in total. The van der Waals surface area contributed by atoms with Crippen molar-refractivity contribution in [1.82, 2.24) is 15.1 Å². The summed E-state index contributed by atoms with van der Waals surface area (Å²) in [6, 6.07) is 3.94. The zero-order chi connectivity index (χ0) is 18.5. The van der Waals surface area contributed by atoms with Crippen LogP contribution in [0.25, 0.3) is 0 Å². The lowest BCUT2D eigenvalue weighted by Crippen LogP contribution is -2.50. The third-order valence-corrected chi connectivity index (χ3v) is 6.31. The highest BCUT2D eigenvalue weighted by Gasteiger charge is 2.42. The molecule has 1 aromatic heterocycles. The molecule has 2 atom stereocenters. The van der Waals surface area contributed by atoms with Gasteiger partial charge in [0.1, 0.15) is 0 Å². The summed E-state index contributed by atoms with van der Waals surface area (Å²) in [4.78, 5) is 30.4. The lowest BCUT2D eigenvalue weighted by atomic mass is 10.1. The minimum absolute atomic E-state index is 0.0111. The van der Waals surface area contributed by atoms with Gasteiger partial charge >= 0.3 is 0 Å². The maximum Gasteiger partial charge on any atom is 0.261 e. The number of likely N-dealkylation sites (tertiary alicyclic amines) is 1. The SMILES string of the molecule is CCN(CC)C(=O)[C@@H]1C[C@H](NC(=O)c2cccs2)CN1C1CCOCC1. The van der Waals surface area contributed by atoms with Crippen LogP contribution in [0.2, 0.25) is 0 Å². The van der Waals surface area contributed by atoms with E-state index in [1.165, 1.54) is 11.3 Å². The van der Waals surface area contributed by atoms with Gasteiger partial charge in [0.2, 0.25) is 5.91 Å². The van der Waals surface area contributed by atoms with Crippen LogP contribution in [0.1, 0.15) is 42.8 Å². The maximum atomic E-state index is 13.1. The molecule has 2 saturated heterocycles. The summed E-state index contributed by atoms with van der Waals surface area (Å²) in [5, 5.41) is 5.05. The molecule has 7 heteroatoms. The van der Waals surface area contributed by atoms with Gasteiger partial charge < -0.3 is 15.0 Å². The largest absolute Gasteiger partial charge is 0.381 e. The van der Waals surface area contributed by atoms with Crippen molar-refractivity contribution in [2.45, 2.75) is 51.2 Å². The van der Waals surface area contributed by atoms with Crippen LogP contribution in [0, 0.1) is 0 Å². The van der Waals surface area contributed by atoms with E-state index in [0.717, 1.165) is 50.6 Å². The van der Waals surface area contributed by atoms with Crippen molar-refractivity contribution in [2.75, 3.05) is 32.8 Å². The van der Waals surface area contributed by atoms with Crippen molar-refractivity contribution in [3.05, 3.63) is 22.4 Å². The third-order valence-electron chi connectivity index (χ3n) is 5.44. The highest BCUT2D eigenvalue weighted by Crippen LogP contribution is 2.27. The second kappa shape index (κ2) is 8.97. The van der Waals surface area contributed by atoms with Gasteiger partial charge in [-0.2, -0.15) is 0 Å². The average Bonchev–Trinajstić information content (AvgIpc) is 3.33. The number of ether oxygens (including phenoxy) is 1. The fourth-order valence-corrected chi connectivity index (χ4v) is 4.67. The van der Waals surface area contributed by atoms with Crippen LogP contribution < -0.4 is 5.32 Å². The molecule has 0 radical (unpaired) electrons. The summed E-state index contributed by atoms with van der Waals surface area (Å²) in [5.41, 5.74) is 0. The number of hydrogen-bond donors (Lipinski definition) is 1. The molecule has 2 fully saturated rings. The van der Waals surface area contributed by atoms with Crippen molar-refractivity contribution in [1.29, 1.82) is 0 Å². The summed E-state index contributed by atoms with van der Waals surface area (Å²) < 4.78 is 5.49. The van der Waals surface area contributed by atoms with Crippen LogP contribution in [-0.4, -0.2) is 72.6 Å². The second-order valence-corrected chi connectivity index (χ2v) is 7.90. The molecule has 6 nitrogen and oxygen atoms in total. The van der Waals surface area contributed by atoms with Crippen molar-refractivity contribution < 1.29 is 14.3 Å². The minimum atomic E-state index is -0.147. The Labute approximate surface area is 159 Å².